The van der Waals surface area contributed by atoms with Crippen molar-refractivity contribution in [2.45, 2.75) is 25.3 Å². The van der Waals surface area contributed by atoms with Gasteiger partial charge in [0.1, 0.15) is 0 Å². The minimum Gasteiger partial charge on any atom is -0.378 e. The normalized spacial score (nSPS) is 16.2. The van der Waals surface area contributed by atoms with E-state index in [2.05, 4.69) is 16.4 Å². The molecular formula is C21H25N5O3. The van der Waals surface area contributed by atoms with E-state index in [1.54, 1.807) is 4.90 Å². The van der Waals surface area contributed by atoms with Gasteiger partial charge in [-0.2, -0.15) is 0 Å². The molecule has 1 fully saturated rings. The number of benzene rings is 1. The highest BCUT2D eigenvalue weighted by molar-refractivity contribution is 6.39. The van der Waals surface area contributed by atoms with E-state index in [9.17, 15) is 14.4 Å². The molecule has 1 aromatic carbocycles. The Hall–Kier alpha value is -3.42. The number of carbonyl (C=O) groups excluding carboxylic acids is 3. The van der Waals surface area contributed by atoms with E-state index < -0.39 is 17.7 Å². The average molecular weight is 395 g/mol. The van der Waals surface area contributed by atoms with Crippen LogP contribution >= 0.6 is 0 Å². The molecule has 1 aromatic heterocycles. The Bertz CT molecular complexity index is 928. The lowest BCUT2D eigenvalue weighted by Crippen LogP contribution is -2.44. The number of nitrogens with two attached hydrogens (primary N) is 1. The molecule has 3 N–H and O–H groups in total. The molecule has 1 aliphatic heterocycles. The molecular weight excluding hydrogens is 370 g/mol. The Labute approximate surface area is 169 Å². The zero-order valence-corrected chi connectivity index (χ0v) is 16.6. The Morgan fingerprint density at radius 1 is 1.17 bits per heavy atom. The van der Waals surface area contributed by atoms with Gasteiger partial charge in [0.05, 0.1) is 23.5 Å². The van der Waals surface area contributed by atoms with Crippen molar-refractivity contribution in [3.8, 4) is 0 Å². The highest BCUT2D eigenvalue weighted by atomic mass is 16.2. The van der Waals surface area contributed by atoms with Gasteiger partial charge in [-0.3, -0.25) is 19.4 Å². The number of anilines is 2. The summed E-state index contributed by atoms with van der Waals surface area (Å²) >= 11 is 0. The van der Waals surface area contributed by atoms with Crippen LogP contribution in [-0.2, 0) is 9.59 Å². The number of carbonyl (C=O) groups is 3. The molecule has 2 heterocycles. The second-order valence-corrected chi connectivity index (χ2v) is 7.28. The molecule has 1 saturated heterocycles. The summed E-state index contributed by atoms with van der Waals surface area (Å²) in [5.74, 6) is -2.02. The van der Waals surface area contributed by atoms with Crippen LogP contribution in [0.15, 0.2) is 42.7 Å². The first-order chi connectivity index (χ1) is 13.9. The maximum atomic E-state index is 12.9. The number of aromatic nitrogens is 1. The molecule has 152 valence electrons. The third kappa shape index (κ3) is 4.71. The number of hydrogen-bond donors (Lipinski definition) is 2. The Morgan fingerprint density at radius 2 is 1.97 bits per heavy atom. The topological polar surface area (TPSA) is 109 Å². The second-order valence-electron chi connectivity index (χ2n) is 7.28. The summed E-state index contributed by atoms with van der Waals surface area (Å²) < 4.78 is 0. The first-order valence-electron chi connectivity index (χ1n) is 9.51. The first kappa shape index (κ1) is 20.3. The van der Waals surface area contributed by atoms with Crippen LogP contribution in [0.2, 0.25) is 0 Å². The van der Waals surface area contributed by atoms with Crippen LogP contribution in [0.5, 0.6) is 0 Å². The monoisotopic (exact) mass is 395 g/mol. The number of nitrogens with zero attached hydrogens (tertiary/aromatic N) is 3. The van der Waals surface area contributed by atoms with E-state index in [0.29, 0.717) is 6.54 Å². The van der Waals surface area contributed by atoms with E-state index in [1.165, 1.54) is 18.5 Å². The largest absolute Gasteiger partial charge is 0.378 e. The SMILES string of the molecule is CN(C)c1cccc(C2CCCCN2C(=O)C(=O)Nc2cncc(C(N)=O)c2)c1. The van der Waals surface area contributed by atoms with Crippen LogP contribution in [0.25, 0.3) is 0 Å². The van der Waals surface area contributed by atoms with Crippen LogP contribution < -0.4 is 16.0 Å². The van der Waals surface area contributed by atoms with E-state index >= 15 is 0 Å². The van der Waals surface area contributed by atoms with Gasteiger partial charge in [-0.15, -0.1) is 0 Å². The molecule has 0 spiro atoms. The molecule has 8 nitrogen and oxygen atoms in total. The van der Waals surface area contributed by atoms with Gasteiger partial charge < -0.3 is 20.9 Å². The smallest absolute Gasteiger partial charge is 0.313 e. The van der Waals surface area contributed by atoms with Gasteiger partial charge in [0.2, 0.25) is 5.91 Å². The Kier molecular flexibility index (Phi) is 6.11. The standard InChI is InChI=1S/C21H25N5O3/c1-25(2)17-7-5-6-14(11-17)18-8-3-4-9-26(18)21(29)20(28)24-16-10-15(19(22)27)12-23-13-16/h5-7,10-13,18H,3-4,8-9H2,1-2H3,(H2,22,27)(H,24,28). The van der Waals surface area contributed by atoms with E-state index in [0.717, 1.165) is 30.5 Å². The summed E-state index contributed by atoms with van der Waals surface area (Å²) in [7, 11) is 3.93. The summed E-state index contributed by atoms with van der Waals surface area (Å²) in [5, 5.41) is 2.53. The zero-order valence-electron chi connectivity index (χ0n) is 16.6. The van der Waals surface area contributed by atoms with Gasteiger partial charge >= 0.3 is 11.8 Å². The lowest BCUT2D eigenvalue weighted by Gasteiger charge is -2.36. The molecule has 0 radical (unpaired) electrons. The van der Waals surface area contributed by atoms with E-state index in [1.807, 2.05) is 37.2 Å². The van der Waals surface area contributed by atoms with Gasteiger partial charge in [-0.05, 0) is 43.0 Å². The fourth-order valence-electron chi connectivity index (χ4n) is 3.49. The predicted molar refractivity (Wildman–Crippen MR) is 110 cm³/mol. The summed E-state index contributed by atoms with van der Waals surface area (Å²) in [5.41, 5.74) is 7.70. The van der Waals surface area contributed by atoms with Crippen LogP contribution in [-0.4, -0.2) is 48.2 Å². The highest BCUT2D eigenvalue weighted by Crippen LogP contribution is 2.32. The third-order valence-corrected chi connectivity index (χ3v) is 5.01. The number of pyridine rings is 1. The minimum atomic E-state index is -0.760. The zero-order chi connectivity index (χ0) is 21.0. The van der Waals surface area contributed by atoms with Crippen LogP contribution in [0, 0.1) is 0 Å². The summed E-state index contributed by atoms with van der Waals surface area (Å²) in [6.45, 7) is 0.517. The molecule has 1 unspecified atom stereocenters. The lowest BCUT2D eigenvalue weighted by atomic mass is 9.94. The number of rotatable bonds is 4. The second kappa shape index (κ2) is 8.72. The van der Waals surface area contributed by atoms with Crippen molar-refractivity contribution in [3.05, 3.63) is 53.9 Å². The molecule has 0 saturated carbocycles. The molecule has 1 aliphatic rings. The van der Waals surface area contributed by atoms with Crippen molar-refractivity contribution >= 4 is 29.1 Å². The fourth-order valence-corrected chi connectivity index (χ4v) is 3.49. The molecule has 8 heteroatoms. The van der Waals surface area contributed by atoms with E-state index in [4.69, 9.17) is 5.73 Å². The minimum absolute atomic E-state index is 0.156. The summed E-state index contributed by atoms with van der Waals surface area (Å²) in [6.07, 6.45) is 5.31. The Balaban J connectivity index is 1.78. The number of nitrogens with one attached hydrogen (secondary N) is 1. The molecule has 0 aliphatic carbocycles. The van der Waals surface area contributed by atoms with Crippen molar-refractivity contribution in [2.75, 3.05) is 30.9 Å². The fraction of sp³-hybridized carbons (Fsp3) is 0.333. The average Bonchev–Trinajstić information content (AvgIpc) is 2.73. The first-order valence-corrected chi connectivity index (χ1v) is 9.51. The van der Waals surface area contributed by atoms with Gasteiger partial charge in [-0.1, -0.05) is 12.1 Å². The third-order valence-electron chi connectivity index (χ3n) is 5.01. The number of piperidine rings is 1. The Morgan fingerprint density at radius 3 is 2.69 bits per heavy atom. The predicted octanol–water partition coefficient (Wildman–Crippen LogP) is 1.94. The van der Waals surface area contributed by atoms with Crippen molar-refractivity contribution in [1.82, 2.24) is 9.88 Å². The van der Waals surface area contributed by atoms with Gasteiger partial charge in [0.25, 0.3) is 0 Å². The highest BCUT2D eigenvalue weighted by Gasteiger charge is 2.32. The van der Waals surface area contributed by atoms with Gasteiger partial charge in [0, 0.05) is 32.5 Å². The molecule has 3 rings (SSSR count). The molecule has 29 heavy (non-hydrogen) atoms. The van der Waals surface area contributed by atoms with Crippen molar-refractivity contribution in [1.29, 1.82) is 0 Å². The number of amides is 3. The number of hydrogen-bond acceptors (Lipinski definition) is 5. The van der Waals surface area contributed by atoms with Crippen LogP contribution in [0.4, 0.5) is 11.4 Å². The van der Waals surface area contributed by atoms with Crippen LogP contribution in [0.1, 0.15) is 41.2 Å². The lowest BCUT2D eigenvalue weighted by molar-refractivity contribution is -0.145. The summed E-state index contributed by atoms with van der Waals surface area (Å²) in [4.78, 5) is 44.3. The molecule has 1 atom stereocenters. The maximum Gasteiger partial charge on any atom is 0.313 e. The molecule has 0 bridgehead atoms. The molecule has 3 amide bonds. The molecule has 2 aromatic rings. The van der Waals surface area contributed by atoms with Crippen LogP contribution in [0.3, 0.4) is 0 Å². The maximum absolute atomic E-state index is 12.9. The van der Waals surface area contributed by atoms with Gasteiger partial charge in [-0.25, -0.2) is 0 Å². The number of primary amides is 1. The quantitative estimate of drug-likeness (QED) is 0.769. The van der Waals surface area contributed by atoms with Crippen molar-refractivity contribution < 1.29 is 14.4 Å². The number of likely N-dealkylation sites (tertiary alicyclic amines) is 1. The van der Waals surface area contributed by atoms with E-state index in [-0.39, 0.29) is 17.3 Å². The van der Waals surface area contributed by atoms with Crippen molar-refractivity contribution in [3.63, 3.8) is 0 Å². The van der Waals surface area contributed by atoms with Crippen molar-refractivity contribution in [2.24, 2.45) is 5.73 Å². The van der Waals surface area contributed by atoms with Gasteiger partial charge in [0.15, 0.2) is 0 Å². The summed E-state index contributed by atoms with van der Waals surface area (Å²) in [6, 6.07) is 9.24.